The molecule has 0 bridgehead atoms. The largest absolute Gasteiger partial charge is 0.487 e. The summed E-state index contributed by atoms with van der Waals surface area (Å²) in [6, 6.07) is 20.9. The third-order valence-electron chi connectivity index (χ3n) is 5.72. The first-order valence-corrected chi connectivity index (χ1v) is 11.1. The minimum atomic E-state index is -0.869. The standard InChI is InChI=1S/C27H22N2O6/c28-26(31)24-13-22(30)20-7-4-8-21(25(20)35-24)29-27(32)17-9-10-23-18(11-17)12-19(34-23)15-33-14-16-5-2-1-3-6-16/h1-11,13,19H,12,14-15H2,(H2,28,31)(H,29,32). The van der Waals surface area contributed by atoms with Gasteiger partial charge < -0.3 is 24.9 Å². The Bertz CT molecular complexity index is 1480. The number of ether oxygens (including phenoxy) is 2. The highest BCUT2D eigenvalue weighted by Crippen LogP contribution is 2.30. The third kappa shape index (κ3) is 4.78. The minimum absolute atomic E-state index is 0.0854. The first-order valence-electron chi connectivity index (χ1n) is 11.1. The topological polar surface area (TPSA) is 121 Å². The second-order valence-electron chi connectivity index (χ2n) is 8.24. The zero-order valence-electron chi connectivity index (χ0n) is 18.7. The molecule has 3 aromatic carbocycles. The normalized spacial score (nSPS) is 14.3. The Hall–Kier alpha value is -4.43. The third-order valence-corrected chi connectivity index (χ3v) is 5.72. The highest BCUT2D eigenvalue weighted by atomic mass is 16.5. The van der Waals surface area contributed by atoms with Crippen LogP contribution in [0.2, 0.25) is 0 Å². The molecule has 35 heavy (non-hydrogen) atoms. The summed E-state index contributed by atoms with van der Waals surface area (Å²) >= 11 is 0. The Morgan fingerprint density at radius 1 is 1.03 bits per heavy atom. The summed E-state index contributed by atoms with van der Waals surface area (Å²) < 4.78 is 17.3. The molecule has 0 saturated carbocycles. The smallest absolute Gasteiger partial charge is 0.284 e. The van der Waals surface area contributed by atoms with Crippen molar-refractivity contribution < 1.29 is 23.5 Å². The van der Waals surface area contributed by atoms with Gasteiger partial charge in [-0.2, -0.15) is 0 Å². The van der Waals surface area contributed by atoms with E-state index < -0.39 is 17.2 Å². The van der Waals surface area contributed by atoms with Gasteiger partial charge >= 0.3 is 0 Å². The van der Waals surface area contributed by atoms with Crippen molar-refractivity contribution in [3.05, 3.63) is 105 Å². The van der Waals surface area contributed by atoms with Gasteiger partial charge in [-0.3, -0.25) is 14.4 Å². The molecular formula is C27H22N2O6. The molecule has 0 fully saturated rings. The quantitative estimate of drug-likeness (QED) is 0.425. The van der Waals surface area contributed by atoms with Crippen molar-refractivity contribution in [3.63, 3.8) is 0 Å². The predicted molar refractivity (Wildman–Crippen MR) is 130 cm³/mol. The molecule has 2 amide bonds. The van der Waals surface area contributed by atoms with Crippen molar-refractivity contribution in [2.75, 3.05) is 11.9 Å². The molecule has 1 aliphatic rings. The number of nitrogens with one attached hydrogen (secondary N) is 1. The van der Waals surface area contributed by atoms with Crippen molar-refractivity contribution in [1.82, 2.24) is 0 Å². The van der Waals surface area contributed by atoms with Crippen molar-refractivity contribution in [1.29, 1.82) is 0 Å². The van der Waals surface area contributed by atoms with Gasteiger partial charge in [0, 0.05) is 18.1 Å². The van der Waals surface area contributed by atoms with E-state index in [1.54, 1.807) is 36.4 Å². The monoisotopic (exact) mass is 470 g/mol. The first-order chi connectivity index (χ1) is 17.0. The molecule has 176 valence electrons. The Kier molecular flexibility index (Phi) is 6.03. The van der Waals surface area contributed by atoms with Crippen LogP contribution in [-0.2, 0) is 17.8 Å². The van der Waals surface area contributed by atoms with Crippen LogP contribution in [0.15, 0.2) is 82.0 Å². The van der Waals surface area contributed by atoms with Crippen LogP contribution in [0.5, 0.6) is 5.75 Å². The molecule has 3 N–H and O–H groups in total. The number of carbonyl (C=O) groups is 2. The highest BCUT2D eigenvalue weighted by molar-refractivity contribution is 6.08. The van der Waals surface area contributed by atoms with Gasteiger partial charge in [0.05, 0.1) is 24.3 Å². The number of primary amides is 1. The van der Waals surface area contributed by atoms with Crippen LogP contribution in [-0.4, -0.2) is 24.5 Å². The number of rotatable bonds is 7. The van der Waals surface area contributed by atoms with Gasteiger partial charge in [0.2, 0.25) is 0 Å². The van der Waals surface area contributed by atoms with Crippen molar-refractivity contribution in [2.45, 2.75) is 19.1 Å². The zero-order valence-corrected chi connectivity index (χ0v) is 18.7. The molecule has 2 heterocycles. The van der Waals surface area contributed by atoms with E-state index in [4.69, 9.17) is 19.6 Å². The number of amides is 2. The van der Waals surface area contributed by atoms with Gasteiger partial charge in [-0.25, -0.2) is 0 Å². The van der Waals surface area contributed by atoms with Gasteiger partial charge in [0.25, 0.3) is 11.8 Å². The van der Waals surface area contributed by atoms with E-state index >= 15 is 0 Å². The van der Waals surface area contributed by atoms with Crippen molar-refractivity contribution >= 4 is 28.5 Å². The molecule has 0 saturated heterocycles. The summed E-state index contributed by atoms with van der Waals surface area (Å²) in [5.74, 6) is -0.821. The number of fused-ring (bicyclic) bond motifs is 2. The van der Waals surface area contributed by atoms with E-state index in [9.17, 15) is 14.4 Å². The summed E-state index contributed by atoms with van der Waals surface area (Å²) in [7, 11) is 0. The highest BCUT2D eigenvalue weighted by Gasteiger charge is 2.24. The molecule has 0 radical (unpaired) electrons. The lowest BCUT2D eigenvalue weighted by molar-refractivity contribution is 0.0510. The first kappa shape index (κ1) is 22.4. The Balaban J connectivity index is 1.28. The van der Waals surface area contributed by atoms with Crippen LogP contribution in [0.25, 0.3) is 11.0 Å². The molecule has 5 rings (SSSR count). The fourth-order valence-electron chi connectivity index (χ4n) is 4.03. The van der Waals surface area contributed by atoms with Gasteiger partial charge in [-0.05, 0) is 41.5 Å². The van der Waals surface area contributed by atoms with Gasteiger partial charge in [-0.1, -0.05) is 36.4 Å². The lowest BCUT2D eigenvalue weighted by Crippen LogP contribution is -2.20. The summed E-state index contributed by atoms with van der Waals surface area (Å²) in [4.78, 5) is 36.8. The van der Waals surface area contributed by atoms with Crippen LogP contribution in [0, 0.1) is 0 Å². The van der Waals surface area contributed by atoms with Crippen LogP contribution in [0.1, 0.15) is 32.0 Å². The summed E-state index contributed by atoms with van der Waals surface area (Å²) in [5, 5.41) is 2.99. The Morgan fingerprint density at radius 2 is 1.86 bits per heavy atom. The maximum absolute atomic E-state index is 13.0. The number of para-hydroxylation sites is 1. The minimum Gasteiger partial charge on any atom is -0.487 e. The van der Waals surface area contributed by atoms with E-state index in [1.807, 2.05) is 30.3 Å². The number of hydrogen-bond acceptors (Lipinski definition) is 6. The SMILES string of the molecule is NC(=O)c1cc(=O)c2cccc(NC(=O)c3ccc4c(c3)CC(COCc3ccccc3)O4)c2o1. The lowest BCUT2D eigenvalue weighted by atomic mass is 10.1. The molecule has 0 aliphatic carbocycles. The average Bonchev–Trinajstić information content (AvgIpc) is 3.27. The Labute approximate surface area is 200 Å². The second kappa shape index (κ2) is 9.44. The Morgan fingerprint density at radius 3 is 2.66 bits per heavy atom. The molecule has 1 atom stereocenters. The fraction of sp³-hybridized carbons (Fsp3) is 0.148. The molecular weight excluding hydrogens is 448 g/mol. The van der Waals surface area contributed by atoms with E-state index in [0.29, 0.717) is 25.2 Å². The number of anilines is 1. The maximum Gasteiger partial charge on any atom is 0.284 e. The molecule has 4 aromatic rings. The van der Waals surface area contributed by atoms with Gasteiger partial charge in [0.1, 0.15) is 11.9 Å². The molecule has 1 aliphatic heterocycles. The summed E-state index contributed by atoms with van der Waals surface area (Å²) in [6.45, 7) is 0.936. The van der Waals surface area contributed by atoms with Crippen LogP contribution in [0.3, 0.4) is 0 Å². The number of carbonyl (C=O) groups excluding carboxylic acids is 2. The van der Waals surface area contributed by atoms with Gasteiger partial charge in [-0.15, -0.1) is 0 Å². The van der Waals surface area contributed by atoms with Crippen molar-refractivity contribution in [2.24, 2.45) is 5.73 Å². The number of benzene rings is 3. The molecule has 8 nitrogen and oxygen atoms in total. The van der Waals surface area contributed by atoms with E-state index in [1.165, 1.54) is 0 Å². The number of nitrogens with two attached hydrogens (primary N) is 1. The summed E-state index contributed by atoms with van der Waals surface area (Å²) in [5.41, 5.74) is 7.60. The van der Waals surface area contributed by atoms with Crippen LogP contribution in [0.4, 0.5) is 5.69 Å². The molecule has 1 aromatic heterocycles. The molecule has 0 spiro atoms. The molecule has 1 unspecified atom stereocenters. The van der Waals surface area contributed by atoms with Crippen LogP contribution < -0.4 is 21.2 Å². The number of hydrogen-bond donors (Lipinski definition) is 2. The lowest BCUT2D eigenvalue weighted by Gasteiger charge is -2.11. The van der Waals surface area contributed by atoms with Crippen molar-refractivity contribution in [3.8, 4) is 5.75 Å². The van der Waals surface area contributed by atoms with E-state index in [-0.39, 0.29) is 28.5 Å². The van der Waals surface area contributed by atoms with E-state index in [2.05, 4.69) is 5.32 Å². The predicted octanol–water partition coefficient (Wildman–Crippen LogP) is 3.66. The maximum atomic E-state index is 13.0. The van der Waals surface area contributed by atoms with Gasteiger partial charge in [0.15, 0.2) is 16.8 Å². The molecule has 8 heteroatoms. The van der Waals surface area contributed by atoms with E-state index in [0.717, 1.165) is 22.9 Å². The zero-order chi connectivity index (χ0) is 24.4. The average molecular weight is 470 g/mol. The fourth-order valence-corrected chi connectivity index (χ4v) is 4.03. The van der Waals surface area contributed by atoms with Crippen LogP contribution >= 0.6 is 0 Å². The second-order valence-corrected chi connectivity index (χ2v) is 8.24. The summed E-state index contributed by atoms with van der Waals surface area (Å²) in [6.07, 6.45) is 0.489.